The van der Waals surface area contributed by atoms with E-state index in [9.17, 15) is 0 Å². The first-order valence-electron chi connectivity index (χ1n) is 5.36. The molecule has 2 N–H and O–H groups in total. The zero-order valence-electron chi connectivity index (χ0n) is 9.20. The fourth-order valence-corrected chi connectivity index (χ4v) is 1.73. The fourth-order valence-electron chi connectivity index (χ4n) is 1.61. The minimum absolute atomic E-state index is 0.326. The normalized spacial score (nSPS) is 12.6. The van der Waals surface area contributed by atoms with Crippen LogP contribution in [0.5, 0.6) is 0 Å². The van der Waals surface area contributed by atoms with Gasteiger partial charge in [0.25, 0.3) is 0 Å². The molecule has 0 amide bonds. The van der Waals surface area contributed by atoms with Crippen LogP contribution < -0.4 is 5.32 Å². The molecule has 0 bridgehead atoms. The molecular formula is C13H15ClN2. The Bertz CT molecular complexity index is 420. The number of aromatic nitrogens is 1. The second kappa shape index (κ2) is 5.19. The van der Waals surface area contributed by atoms with Crippen LogP contribution in [0, 0.1) is 0 Å². The van der Waals surface area contributed by atoms with E-state index in [2.05, 4.69) is 35.4 Å². The number of hydrogen-bond acceptors (Lipinski definition) is 1. The van der Waals surface area contributed by atoms with Gasteiger partial charge in [-0.15, -0.1) is 0 Å². The van der Waals surface area contributed by atoms with Crippen molar-refractivity contribution >= 4 is 11.6 Å². The number of benzene rings is 1. The third-order valence-corrected chi connectivity index (χ3v) is 2.90. The van der Waals surface area contributed by atoms with Gasteiger partial charge >= 0.3 is 0 Å². The first-order valence-corrected chi connectivity index (χ1v) is 5.74. The van der Waals surface area contributed by atoms with Gasteiger partial charge in [-0.25, -0.2) is 0 Å². The molecular weight excluding hydrogens is 220 g/mol. The lowest BCUT2D eigenvalue weighted by Crippen LogP contribution is -2.17. The summed E-state index contributed by atoms with van der Waals surface area (Å²) in [5.74, 6) is 0. The van der Waals surface area contributed by atoms with Crippen molar-refractivity contribution in [2.45, 2.75) is 19.5 Å². The number of H-pyrrole nitrogens is 1. The molecule has 1 unspecified atom stereocenters. The Morgan fingerprint density at radius 1 is 1.25 bits per heavy atom. The van der Waals surface area contributed by atoms with Crippen molar-refractivity contribution in [3.63, 3.8) is 0 Å². The molecule has 0 aliphatic rings. The second-order valence-electron chi connectivity index (χ2n) is 3.87. The Kier molecular flexibility index (Phi) is 3.65. The summed E-state index contributed by atoms with van der Waals surface area (Å²) >= 11 is 5.85. The smallest absolute Gasteiger partial charge is 0.0406 e. The Morgan fingerprint density at radius 2 is 2.00 bits per heavy atom. The first-order chi connectivity index (χ1) is 7.75. The average molecular weight is 235 g/mol. The lowest BCUT2D eigenvalue weighted by Gasteiger charge is -2.13. The van der Waals surface area contributed by atoms with Gasteiger partial charge in [0.2, 0.25) is 0 Å². The number of aromatic amines is 1. The highest BCUT2D eigenvalue weighted by atomic mass is 35.5. The molecule has 2 rings (SSSR count). The van der Waals surface area contributed by atoms with Crippen LogP contribution in [0.2, 0.25) is 5.02 Å². The molecule has 0 spiro atoms. The van der Waals surface area contributed by atoms with Crippen LogP contribution in [0.3, 0.4) is 0 Å². The average Bonchev–Trinajstić information content (AvgIpc) is 2.80. The summed E-state index contributed by atoms with van der Waals surface area (Å²) in [5, 5.41) is 4.24. The van der Waals surface area contributed by atoms with Crippen LogP contribution in [0.4, 0.5) is 0 Å². The van der Waals surface area contributed by atoms with Crippen molar-refractivity contribution in [2.75, 3.05) is 0 Å². The lowest BCUT2D eigenvalue weighted by atomic mass is 10.1. The molecule has 1 atom stereocenters. The number of halogens is 1. The van der Waals surface area contributed by atoms with E-state index in [1.807, 2.05) is 24.5 Å². The summed E-state index contributed by atoms with van der Waals surface area (Å²) < 4.78 is 0. The van der Waals surface area contributed by atoms with Crippen LogP contribution in [-0.2, 0) is 6.54 Å². The minimum atomic E-state index is 0.326. The van der Waals surface area contributed by atoms with E-state index in [4.69, 9.17) is 11.6 Å². The molecule has 0 fully saturated rings. The van der Waals surface area contributed by atoms with Gasteiger partial charge in [0, 0.05) is 30.0 Å². The second-order valence-corrected chi connectivity index (χ2v) is 4.31. The highest BCUT2D eigenvalue weighted by Crippen LogP contribution is 2.16. The highest BCUT2D eigenvalue weighted by molar-refractivity contribution is 6.30. The van der Waals surface area contributed by atoms with Crippen molar-refractivity contribution in [1.29, 1.82) is 0 Å². The van der Waals surface area contributed by atoms with Crippen LogP contribution in [0.15, 0.2) is 42.7 Å². The maximum Gasteiger partial charge on any atom is 0.0406 e. The zero-order valence-corrected chi connectivity index (χ0v) is 9.96. The monoisotopic (exact) mass is 234 g/mol. The molecule has 0 saturated heterocycles. The maximum absolute atomic E-state index is 5.85. The van der Waals surface area contributed by atoms with E-state index in [-0.39, 0.29) is 0 Å². The molecule has 3 heteroatoms. The van der Waals surface area contributed by atoms with E-state index in [0.717, 1.165) is 11.6 Å². The zero-order chi connectivity index (χ0) is 11.4. The first kappa shape index (κ1) is 11.2. The molecule has 1 heterocycles. The van der Waals surface area contributed by atoms with E-state index < -0.39 is 0 Å². The molecule has 1 aromatic carbocycles. The van der Waals surface area contributed by atoms with Crippen molar-refractivity contribution in [2.24, 2.45) is 0 Å². The molecule has 0 saturated carbocycles. The Balaban J connectivity index is 1.93. The topological polar surface area (TPSA) is 27.8 Å². The van der Waals surface area contributed by atoms with Crippen LogP contribution in [0.25, 0.3) is 0 Å². The van der Waals surface area contributed by atoms with E-state index in [1.165, 1.54) is 11.1 Å². The van der Waals surface area contributed by atoms with Gasteiger partial charge in [-0.2, -0.15) is 0 Å². The molecule has 0 radical (unpaired) electrons. The summed E-state index contributed by atoms with van der Waals surface area (Å²) in [6, 6.07) is 10.3. The van der Waals surface area contributed by atoms with E-state index >= 15 is 0 Å². The molecule has 0 aliphatic heterocycles. The number of nitrogens with one attached hydrogen (secondary N) is 2. The van der Waals surface area contributed by atoms with Crippen LogP contribution in [-0.4, -0.2) is 4.98 Å². The summed E-state index contributed by atoms with van der Waals surface area (Å²) in [6.45, 7) is 3.02. The Labute approximate surface area is 101 Å². The number of hydrogen-bond donors (Lipinski definition) is 2. The molecule has 84 valence electrons. The van der Waals surface area contributed by atoms with Gasteiger partial charge in [-0.05, 0) is 36.2 Å². The van der Waals surface area contributed by atoms with Crippen molar-refractivity contribution in [1.82, 2.24) is 10.3 Å². The summed E-state index contributed by atoms with van der Waals surface area (Å²) in [7, 11) is 0. The number of rotatable bonds is 4. The molecule has 2 aromatic rings. The summed E-state index contributed by atoms with van der Waals surface area (Å²) in [4.78, 5) is 3.04. The Hall–Kier alpha value is -1.25. The van der Waals surface area contributed by atoms with Gasteiger partial charge in [0.15, 0.2) is 0 Å². The van der Waals surface area contributed by atoms with Crippen molar-refractivity contribution < 1.29 is 0 Å². The SMILES string of the molecule is CC(NCc1cc[nH]c1)c1ccc(Cl)cc1. The van der Waals surface area contributed by atoms with Crippen molar-refractivity contribution in [3.05, 3.63) is 58.9 Å². The minimum Gasteiger partial charge on any atom is -0.367 e. The van der Waals surface area contributed by atoms with Gasteiger partial charge in [-0.3, -0.25) is 0 Å². The summed E-state index contributed by atoms with van der Waals surface area (Å²) in [6.07, 6.45) is 3.94. The van der Waals surface area contributed by atoms with Gasteiger partial charge in [0.1, 0.15) is 0 Å². The maximum atomic E-state index is 5.85. The van der Waals surface area contributed by atoms with E-state index in [1.54, 1.807) is 0 Å². The third kappa shape index (κ3) is 2.87. The molecule has 2 nitrogen and oxygen atoms in total. The predicted molar refractivity (Wildman–Crippen MR) is 67.5 cm³/mol. The fraction of sp³-hybridized carbons (Fsp3) is 0.231. The van der Waals surface area contributed by atoms with Gasteiger partial charge in [-0.1, -0.05) is 23.7 Å². The van der Waals surface area contributed by atoms with Gasteiger partial charge < -0.3 is 10.3 Å². The van der Waals surface area contributed by atoms with Crippen LogP contribution >= 0.6 is 11.6 Å². The predicted octanol–water partition coefficient (Wildman–Crippen LogP) is 3.52. The highest BCUT2D eigenvalue weighted by Gasteiger charge is 2.04. The largest absolute Gasteiger partial charge is 0.367 e. The molecule has 1 aromatic heterocycles. The standard InChI is InChI=1S/C13H15ClN2/c1-10(12-2-4-13(14)5-3-12)16-9-11-6-7-15-8-11/h2-8,10,15-16H,9H2,1H3. The summed E-state index contributed by atoms with van der Waals surface area (Å²) in [5.41, 5.74) is 2.51. The van der Waals surface area contributed by atoms with E-state index in [0.29, 0.717) is 6.04 Å². The van der Waals surface area contributed by atoms with Crippen molar-refractivity contribution in [3.8, 4) is 0 Å². The molecule has 0 aliphatic carbocycles. The molecule has 16 heavy (non-hydrogen) atoms. The third-order valence-electron chi connectivity index (χ3n) is 2.64. The lowest BCUT2D eigenvalue weighted by molar-refractivity contribution is 0.575. The van der Waals surface area contributed by atoms with Gasteiger partial charge in [0.05, 0.1) is 0 Å². The van der Waals surface area contributed by atoms with Crippen LogP contribution in [0.1, 0.15) is 24.1 Å². The Morgan fingerprint density at radius 3 is 2.62 bits per heavy atom. The quantitative estimate of drug-likeness (QED) is 0.833.